The Kier molecular flexibility index (Phi) is 4.84. The molecular formula is C14H21FN2O. The first-order chi connectivity index (χ1) is 8.32. The van der Waals surface area contributed by atoms with E-state index in [0.717, 1.165) is 18.8 Å². The molecule has 0 aromatic heterocycles. The van der Waals surface area contributed by atoms with E-state index in [1.54, 1.807) is 13.0 Å². The van der Waals surface area contributed by atoms with Crippen molar-refractivity contribution in [2.24, 2.45) is 0 Å². The molecule has 0 aliphatic heterocycles. The maximum atomic E-state index is 13.5. The molecule has 0 fully saturated rings. The lowest BCUT2D eigenvalue weighted by Crippen LogP contribution is -2.29. The fourth-order valence-electron chi connectivity index (χ4n) is 1.73. The van der Waals surface area contributed by atoms with Gasteiger partial charge in [0.05, 0.1) is 0 Å². The quantitative estimate of drug-likeness (QED) is 0.751. The molecule has 0 unspecified atom stereocenters. The van der Waals surface area contributed by atoms with Crippen LogP contribution in [0.4, 0.5) is 10.1 Å². The van der Waals surface area contributed by atoms with Crippen LogP contribution in [0, 0.1) is 12.7 Å². The molecule has 3 nitrogen and oxygen atoms in total. The van der Waals surface area contributed by atoms with Crippen LogP contribution in [-0.4, -0.2) is 44.9 Å². The molecule has 1 rings (SSSR count). The predicted octanol–water partition coefficient (Wildman–Crippen LogP) is 2.33. The first-order valence-electron chi connectivity index (χ1n) is 6.00. The zero-order valence-electron chi connectivity index (χ0n) is 11.7. The molecular weight excluding hydrogens is 231 g/mol. The minimum atomic E-state index is -0.329. The fraction of sp³-hybridized carbons (Fsp3) is 0.500. The molecule has 0 bridgehead atoms. The molecule has 0 spiro atoms. The number of halogens is 1. The van der Waals surface area contributed by atoms with E-state index in [-0.39, 0.29) is 11.6 Å². The molecule has 0 atom stereocenters. The second-order valence-corrected chi connectivity index (χ2v) is 4.90. The van der Waals surface area contributed by atoms with Gasteiger partial charge in [0.2, 0.25) is 0 Å². The van der Waals surface area contributed by atoms with Gasteiger partial charge in [-0.25, -0.2) is 4.39 Å². The largest absolute Gasteiger partial charge is 0.373 e. The predicted molar refractivity (Wildman–Crippen MR) is 73.0 cm³/mol. The van der Waals surface area contributed by atoms with Crippen molar-refractivity contribution in [1.82, 2.24) is 4.90 Å². The van der Waals surface area contributed by atoms with E-state index in [0.29, 0.717) is 11.1 Å². The average molecular weight is 252 g/mol. The third-order valence-corrected chi connectivity index (χ3v) is 2.95. The highest BCUT2D eigenvalue weighted by atomic mass is 19.1. The van der Waals surface area contributed by atoms with Crippen LogP contribution < -0.4 is 4.90 Å². The van der Waals surface area contributed by atoms with Crippen LogP contribution in [0.25, 0.3) is 0 Å². The Morgan fingerprint density at radius 3 is 2.33 bits per heavy atom. The van der Waals surface area contributed by atoms with Crippen LogP contribution >= 0.6 is 0 Å². The Hall–Kier alpha value is -1.42. The summed E-state index contributed by atoms with van der Waals surface area (Å²) in [7, 11) is 5.91. The minimum absolute atomic E-state index is 0.111. The molecule has 0 aliphatic rings. The van der Waals surface area contributed by atoms with Crippen molar-refractivity contribution >= 4 is 11.5 Å². The Labute approximate surface area is 108 Å². The summed E-state index contributed by atoms with van der Waals surface area (Å²) in [6.07, 6.45) is 0. The molecule has 0 heterocycles. The smallest absolute Gasteiger partial charge is 0.161 e. The first kappa shape index (κ1) is 14.6. The van der Waals surface area contributed by atoms with Crippen molar-refractivity contribution in [1.29, 1.82) is 0 Å². The number of hydrogen-bond donors (Lipinski definition) is 0. The van der Waals surface area contributed by atoms with Gasteiger partial charge in [0, 0.05) is 31.4 Å². The third-order valence-electron chi connectivity index (χ3n) is 2.95. The van der Waals surface area contributed by atoms with E-state index < -0.39 is 0 Å². The number of carbonyl (C=O) groups is 1. The monoisotopic (exact) mass is 252 g/mol. The first-order valence-corrected chi connectivity index (χ1v) is 6.00. The maximum absolute atomic E-state index is 13.5. The summed E-state index contributed by atoms with van der Waals surface area (Å²) in [6, 6.07) is 3.07. The highest BCUT2D eigenvalue weighted by molar-refractivity contribution is 5.99. The zero-order valence-corrected chi connectivity index (χ0v) is 11.7. The molecule has 0 amide bonds. The molecule has 0 saturated heterocycles. The molecule has 100 valence electrons. The second kappa shape index (κ2) is 5.96. The number of likely N-dealkylation sites (N-methyl/N-ethyl adjacent to an activating group) is 2. The van der Waals surface area contributed by atoms with Gasteiger partial charge in [-0.05, 0) is 45.6 Å². The number of hydrogen-bond acceptors (Lipinski definition) is 3. The lowest BCUT2D eigenvalue weighted by molar-refractivity contribution is 0.101. The Balaban J connectivity index is 3.05. The van der Waals surface area contributed by atoms with E-state index in [4.69, 9.17) is 0 Å². The average Bonchev–Trinajstić information content (AvgIpc) is 2.28. The number of carbonyl (C=O) groups excluding carboxylic acids is 1. The maximum Gasteiger partial charge on any atom is 0.161 e. The summed E-state index contributed by atoms with van der Waals surface area (Å²) in [5.74, 6) is -0.439. The lowest BCUT2D eigenvalue weighted by atomic mass is 10.1. The summed E-state index contributed by atoms with van der Waals surface area (Å²) in [5.41, 5.74) is 1.80. The normalized spacial score (nSPS) is 10.8. The molecule has 0 radical (unpaired) electrons. The van der Waals surface area contributed by atoms with Crippen LogP contribution in [0.5, 0.6) is 0 Å². The van der Waals surface area contributed by atoms with Crippen molar-refractivity contribution in [2.75, 3.05) is 39.1 Å². The number of nitrogens with zero attached hydrogens (tertiary/aromatic N) is 2. The number of anilines is 1. The van der Waals surface area contributed by atoms with Gasteiger partial charge < -0.3 is 9.80 Å². The molecule has 1 aromatic rings. The van der Waals surface area contributed by atoms with Gasteiger partial charge in [-0.1, -0.05) is 0 Å². The summed E-state index contributed by atoms with van der Waals surface area (Å²) in [5, 5.41) is 0. The van der Waals surface area contributed by atoms with Gasteiger partial charge in [0.1, 0.15) is 5.82 Å². The van der Waals surface area contributed by atoms with E-state index in [9.17, 15) is 9.18 Å². The summed E-state index contributed by atoms with van der Waals surface area (Å²) in [6.45, 7) is 4.85. The SMILES string of the molecule is CC(=O)c1cc(F)c(C)cc1N(C)CCN(C)C. The number of benzene rings is 1. The second-order valence-electron chi connectivity index (χ2n) is 4.90. The van der Waals surface area contributed by atoms with Crippen LogP contribution in [0.1, 0.15) is 22.8 Å². The molecule has 0 N–H and O–H groups in total. The lowest BCUT2D eigenvalue weighted by Gasteiger charge is -2.24. The van der Waals surface area contributed by atoms with Gasteiger partial charge in [-0.2, -0.15) is 0 Å². The van der Waals surface area contributed by atoms with Gasteiger partial charge in [-0.3, -0.25) is 4.79 Å². The van der Waals surface area contributed by atoms with Gasteiger partial charge >= 0.3 is 0 Å². The summed E-state index contributed by atoms with van der Waals surface area (Å²) in [4.78, 5) is 15.6. The van der Waals surface area contributed by atoms with Gasteiger partial charge in [0.25, 0.3) is 0 Å². The number of aryl methyl sites for hydroxylation is 1. The Bertz CT molecular complexity index is 444. The van der Waals surface area contributed by atoms with Crippen molar-refractivity contribution in [3.8, 4) is 0 Å². The summed E-state index contributed by atoms with van der Waals surface area (Å²) >= 11 is 0. The number of rotatable bonds is 5. The topological polar surface area (TPSA) is 23.6 Å². The van der Waals surface area contributed by atoms with Crippen LogP contribution in [0.15, 0.2) is 12.1 Å². The molecule has 0 saturated carbocycles. The Morgan fingerprint density at radius 2 is 1.83 bits per heavy atom. The van der Waals surface area contributed by atoms with Gasteiger partial charge in [-0.15, -0.1) is 0 Å². The van der Waals surface area contributed by atoms with E-state index >= 15 is 0 Å². The molecule has 4 heteroatoms. The fourth-order valence-corrected chi connectivity index (χ4v) is 1.73. The van der Waals surface area contributed by atoms with E-state index in [1.165, 1.54) is 13.0 Å². The molecule has 1 aromatic carbocycles. The van der Waals surface area contributed by atoms with E-state index in [2.05, 4.69) is 4.90 Å². The summed E-state index contributed by atoms with van der Waals surface area (Å²) < 4.78 is 13.5. The number of Topliss-reactive ketones (excluding diaryl/α,β-unsaturated/α-hetero) is 1. The standard InChI is InChI=1S/C14H21FN2O/c1-10-8-14(17(5)7-6-16(3)4)12(11(2)18)9-13(10)15/h8-9H,6-7H2,1-5H3. The third kappa shape index (κ3) is 3.53. The van der Waals surface area contributed by atoms with Crippen LogP contribution in [0.2, 0.25) is 0 Å². The van der Waals surface area contributed by atoms with Gasteiger partial charge in [0.15, 0.2) is 5.78 Å². The van der Waals surface area contributed by atoms with Crippen molar-refractivity contribution in [3.63, 3.8) is 0 Å². The van der Waals surface area contributed by atoms with Crippen LogP contribution in [-0.2, 0) is 0 Å². The Morgan fingerprint density at radius 1 is 1.22 bits per heavy atom. The zero-order chi connectivity index (χ0) is 13.9. The highest BCUT2D eigenvalue weighted by Crippen LogP contribution is 2.24. The van der Waals surface area contributed by atoms with Crippen LogP contribution in [0.3, 0.4) is 0 Å². The van der Waals surface area contributed by atoms with E-state index in [1.807, 2.05) is 26.0 Å². The minimum Gasteiger partial charge on any atom is -0.373 e. The molecule has 18 heavy (non-hydrogen) atoms. The highest BCUT2D eigenvalue weighted by Gasteiger charge is 2.14. The molecule has 0 aliphatic carbocycles. The van der Waals surface area contributed by atoms with Crippen molar-refractivity contribution < 1.29 is 9.18 Å². The number of ketones is 1. The van der Waals surface area contributed by atoms with Crippen molar-refractivity contribution in [2.45, 2.75) is 13.8 Å². The van der Waals surface area contributed by atoms with Crippen molar-refractivity contribution in [3.05, 3.63) is 29.1 Å².